The van der Waals surface area contributed by atoms with Crippen LogP contribution in [0, 0.1) is 23.7 Å². The van der Waals surface area contributed by atoms with E-state index >= 15 is 0 Å². The van der Waals surface area contributed by atoms with Gasteiger partial charge in [-0.2, -0.15) is 0 Å². The summed E-state index contributed by atoms with van der Waals surface area (Å²) in [7, 11) is -2.56. The molecular formula is C19H36O3Si. The first-order valence-electron chi connectivity index (χ1n) is 10.1. The molecule has 4 fully saturated rings. The lowest BCUT2D eigenvalue weighted by atomic mass is 9.56. The molecule has 4 saturated carbocycles. The van der Waals surface area contributed by atoms with Gasteiger partial charge >= 0.3 is 8.80 Å². The fourth-order valence-corrected chi connectivity index (χ4v) is 9.64. The average molecular weight is 341 g/mol. The number of hydrogen-bond donors (Lipinski definition) is 0. The third-order valence-corrected chi connectivity index (χ3v) is 9.74. The Morgan fingerprint density at radius 1 is 0.652 bits per heavy atom. The van der Waals surface area contributed by atoms with Crippen molar-refractivity contribution in [2.24, 2.45) is 23.7 Å². The third kappa shape index (κ3) is 3.70. The normalized spacial score (nSPS) is 35.9. The predicted octanol–water partition coefficient (Wildman–Crippen LogP) is 5.03. The van der Waals surface area contributed by atoms with Crippen molar-refractivity contribution < 1.29 is 13.3 Å². The molecule has 0 aromatic rings. The second-order valence-corrected chi connectivity index (χ2v) is 10.8. The minimum Gasteiger partial charge on any atom is -0.373 e. The first kappa shape index (κ1) is 17.9. The zero-order chi connectivity index (χ0) is 16.3. The standard InChI is InChI=1S/C19H36O3Si/c1-4-7-20-23(21-8-5-2,22-9-6-3)19-17-11-15-10-16(13-17)14-18(19)12-15/h15-19H,4-14H2,1-3H3. The molecule has 134 valence electrons. The van der Waals surface area contributed by atoms with E-state index in [2.05, 4.69) is 20.8 Å². The molecule has 4 bridgehead atoms. The highest BCUT2D eigenvalue weighted by Crippen LogP contribution is 2.62. The molecule has 0 aliphatic heterocycles. The molecule has 0 aromatic heterocycles. The first-order chi connectivity index (χ1) is 11.2. The highest BCUT2D eigenvalue weighted by molar-refractivity contribution is 6.62. The van der Waals surface area contributed by atoms with Crippen LogP contribution in [-0.2, 0) is 13.3 Å². The van der Waals surface area contributed by atoms with Gasteiger partial charge in [0, 0.05) is 25.4 Å². The Morgan fingerprint density at radius 2 is 1.04 bits per heavy atom. The molecule has 0 aromatic carbocycles. The van der Waals surface area contributed by atoms with E-state index in [0.717, 1.165) is 62.8 Å². The minimum absolute atomic E-state index is 0.583. The lowest BCUT2D eigenvalue weighted by Gasteiger charge is -2.57. The van der Waals surface area contributed by atoms with Crippen molar-refractivity contribution in [1.29, 1.82) is 0 Å². The topological polar surface area (TPSA) is 27.7 Å². The Hall–Kier alpha value is 0.0969. The van der Waals surface area contributed by atoms with Gasteiger partial charge in [0.05, 0.1) is 0 Å². The Labute approximate surface area is 143 Å². The van der Waals surface area contributed by atoms with Crippen LogP contribution in [0.5, 0.6) is 0 Å². The fourth-order valence-electron chi connectivity index (χ4n) is 5.65. The molecule has 4 heteroatoms. The molecule has 3 nitrogen and oxygen atoms in total. The smallest absolute Gasteiger partial charge is 0.373 e. The van der Waals surface area contributed by atoms with Crippen molar-refractivity contribution in [2.75, 3.05) is 19.8 Å². The highest BCUT2D eigenvalue weighted by atomic mass is 28.4. The van der Waals surface area contributed by atoms with Crippen LogP contribution in [0.4, 0.5) is 0 Å². The van der Waals surface area contributed by atoms with Crippen LogP contribution in [0.15, 0.2) is 0 Å². The van der Waals surface area contributed by atoms with E-state index in [9.17, 15) is 0 Å². The zero-order valence-electron chi connectivity index (χ0n) is 15.4. The van der Waals surface area contributed by atoms with Gasteiger partial charge in [0.2, 0.25) is 0 Å². The summed E-state index contributed by atoms with van der Waals surface area (Å²) in [6.07, 6.45) is 10.3. The van der Waals surface area contributed by atoms with Crippen LogP contribution in [0.25, 0.3) is 0 Å². The second-order valence-electron chi connectivity index (χ2n) is 8.11. The van der Waals surface area contributed by atoms with Gasteiger partial charge in [0.1, 0.15) is 0 Å². The van der Waals surface area contributed by atoms with E-state index in [1.165, 1.54) is 32.1 Å². The molecule has 0 N–H and O–H groups in total. The van der Waals surface area contributed by atoms with Gasteiger partial charge in [-0.1, -0.05) is 20.8 Å². The van der Waals surface area contributed by atoms with Crippen molar-refractivity contribution in [3.8, 4) is 0 Å². The van der Waals surface area contributed by atoms with Gasteiger partial charge in [0.15, 0.2) is 0 Å². The Bertz CT molecular complexity index is 324. The van der Waals surface area contributed by atoms with E-state index in [-0.39, 0.29) is 0 Å². The molecule has 0 heterocycles. The van der Waals surface area contributed by atoms with Crippen LogP contribution < -0.4 is 0 Å². The molecule has 0 atom stereocenters. The van der Waals surface area contributed by atoms with Crippen molar-refractivity contribution in [1.82, 2.24) is 0 Å². The molecule has 4 aliphatic carbocycles. The third-order valence-electron chi connectivity index (χ3n) is 6.16. The van der Waals surface area contributed by atoms with E-state index in [4.69, 9.17) is 13.3 Å². The average Bonchev–Trinajstić information content (AvgIpc) is 2.54. The Kier molecular flexibility index (Phi) is 6.22. The lowest BCUT2D eigenvalue weighted by molar-refractivity contribution is -0.0333. The molecule has 0 unspecified atom stereocenters. The van der Waals surface area contributed by atoms with Crippen LogP contribution in [0.3, 0.4) is 0 Å². The maximum absolute atomic E-state index is 6.50. The van der Waals surface area contributed by atoms with E-state index in [1.54, 1.807) is 0 Å². The predicted molar refractivity (Wildman–Crippen MR) is 95.3 cm³/mol. The van der Waals surface area contributed by atoms with Gasteiger partial charge in [-0.15, -0.1) is 0 Å². The van der Waals surface area contributed by atoms with Crippen molar-refractivity contribution in [3.05, 3.63) is 0 Å². The van der Waals surface area contributed by atoms with Crippen LogP contribution in [0.2, 0.25) is 5.54 Å². The summed E-state index contributed by atoms with van der Waals surface area (Å²) >= 11 is 0. The SMILES string of the molecule is CCCO[Si](OCCC)(OCCC)C1C2CC3CC(C2)CC1C3. The first-order valence-corrected chi connectivity index (χ1v) is 11.9. The molecule has 0 radical (unpaired) electrons. The number of rotatable bonds is 10. The Morgan fingerprint density at radius 3 is 1.39 bits per heavy atom. The maximum Gasteiger partial charge on any atom is 0.504 e. The minimum atomic E-state index is -2.56. The Balaban J connectivity index is 1.82. The molecule has 0 saturated heterocycles. The number of hydrogen-bond acceptors (Lipinski definition) is 3. The van der Waals surface area contributed by atoms with Gasteiger partial charge in [-0.25, -0.2) is 0 Å². The second kappa shape index (κ2) is 7.98. The van der Waals surface area contributed by atoms with Gasteiger partial charge < -0.3 is 13.3 Å². The molecule has 0 amide bonds. The fraction of sp³-hybridized carbons (Fsp3) is 1.00. The van der Waals surface area contributed by atoms with Crippen molar-refractivity contribution in [3.63, 3.8) is 0 Å². The van der Waals surface area contributed by atoms with Crippen LogP contribution in [0.1, 0.15) is 72.1 Å². The summed E-state index contributed by atoms with van der Waals surface area (Å²) in [6, 6.07) is 0. The van der Waals surface area contributed by atoms with Crippen LogP contribution in [-0.4, -0.2) is 28.6 Å². The summed E-state index contributed by atoms with van der Waals surface area (Å²) in [5.41, 5.74) is 0.583. The monoisotopic (exact) mass is 340 g/mol. The highest BCUT2D eigenvalue weighted by Gasteiger charge is 2.61. The molecule has 4 rings (SSSR count). The summed E-state index contributed by atoms with van der Waals surface area (Å²) < 4.78 is 19.5. The largest absolute Gasteiger partial charge is 0.504 e. The van der Waals surface area contributed by atoms with Crippen molar-refractivity contribution >= 4 is 8.80 Å². The van der Waals surface area contributed by atoms with Gasteiger partial charge in [-0.3, -0.25) is 0 Å². The molecular weight excluding hydrogens is 304 g/mol. The van der Waals surface area contributed by atoms with Gasteiger partial charge in [-0.05, 0) is 75.0 Å². The maximum atomic E-state index is 6.50. The van der Waals surface area contributed by atoms with E-state index in [1.807, 2.05) is 0 Å². The summed E-state index contributed by atoms with van der Waals surface area (Å²) in [5.74, 6) is 3.60. The van der Waals surface area contributed by atoms with Gasteiger partial charge in [0.25, 0.3) is 0 Å². The summed E-state index contributed by atoms with van der Waals surface area (Å²) in [5, 5.41) is 0. The zero-order valence-corrected chi connectivity index (χ0v) is 16.4. The quantitative estimate of drug-likeness (QED) is 0.522. The summed E-state index contributed by atoms with van der Waals surface area (Å²) in [6.45, 7) is 8.95. The molecule has 0 spiro atoms. The van der Waals surface area contributed by atoms with E-state index < -0.39 is 8.80 Å². The molecule has 23 heavy (non-hydrogen) atoms. The summed E-state index contributed by atoms with van der Waals surface area (Å²) in [4.78, 5) is 0. The van der Waals surface area contributed by atoms with Crippen molar-refractivity contribution in [2.45, 2.75) is 77.7 Å². The molecule has 4 aliphatic rings. The van der Waals surface area contributed by atoms with E-state index in [0.29, 0.717) is 5.54 Å². The lowest BCUT2D eigenvalue weighted by Crippen LogP contribution is -2.59. The van der Waals surface area contributed by atoms with Crippen LogP contribution >= 0.6 is 0 Å².